The molecule has 0 aromatic carbocycles. The van der Waals surface area contributed by atoms with E-state index < -0.39 is 6.43 Å². The van der Waals surface area contributed by atoms with Gasteiger partial charge in [0.25, 0.3) is 6.43 Å². The first-order valence-corrected chi connectivity index (χ1v) is 3.90. The first-order chi connectivity index (χ1) is 5.70. The summed E-state index contributed by atoms with van der Waals surface area (Å²) in [6, 6.07) is 0. The minimum atomic E-state index is -2.40. The molecule has 0 amide bonds. The molecule has 0 aromatic rings. The van der Waals surface area contributed by atoms with Crippen molar-refractivity contribution in [2.75, 3.05) is 32.8 Å². The molecule has 0 atom stereocenters. The summed E-state index contributed by atoms with van der Waals surface area (Å²) in [6.45, 7) is -0.212. The van der Waals surface area contributed by atoms with E-state index in [9.17, 15) is 13.9 Å². The first kappa shape index (κ1) is 11.7. The second-order valence-electron chi connectivity index (χ2n) is 2.47. The van der Waals surface area contributed by atoms with Gasteiger partial charge in [-0.05, 0) is 6.42 Å². The van der Waals surface area contributed by atoms with Crippen molar-refractivity contribution < 1.29 is 19.0 Å². The molecule has 0 aromatic heterocycles. The highest BCUT2D eigenvalue weighted by atomic mass is 19.3. The molecule has 0 saturated carbocycles. The zero-order chi connectivity index (χ0) is 9.40. The van der Waals surface area contributed by atoms with E-state index in [-0.39, 0.29) is 26.3 Å². The van der Waals surface area contributed by atoms with Crippen molar-refractivity contribution in [3.63, 3.8) is 0 Å². The molecule has 0 heterocycles. The van der Waals surface area contributed by atoms with Crippen molar-refractivity contribution in [2.24, 2.45) is 0 Å². The standard InChI is InChI=1S/C7H14F2NO2/c8-7(9)6-10(3-5-12)2-1-4-11/h7,12H,1-6H2. The average molecular weight is 182 g/mol. The molecule has 12 heavy (non-hydrogen) atoms. The maximum absolute atomic E-state index is 11.8. The molecule has 0 bridgehead atoms. The van der Waals surface area contributed by atoms with Gasteiger partial charge in [0.1, 0.15) is 0 Å². The van der Waals surface area contributed by atoms with E-state index in [4.69, 9.17) is 5.11 Å². The molecule has 73 valence electrons. The molecular formula is C7H14F2NO2. The largest absolute Gasteiger partial charge is 0.395 e. The lowest BCUT2D eigenvalue weighted by molar-refractivity contribution is 0.0713. The van der Waals surface area contributed by atoms with Crippen molar-refractivity contribution in [3.05, 3.63) is 0 Å². The fourth-order valence-corrected chi connectivity index (χ4v) is 0.919. The van der Waals surface area contributed by atoms with Gasteiger partial charge in [-0.15, -0.1) is 0 Å². The van der Waals surface area contributed by atoms with Crippen LogP contribution in [0.1, 0.15) is 6.42 Å². The third-order valence-corrected chi connectivity index (χ3v) is 1.43. The van der Waals surface area contributed by atoms with Gasteiger partial charge < -0.3 is 5.11 Å². The monoisotopic (exact) mass is 182 g/mol. The number of aliphatic hydroxyl groups is 1. The zero-order valence-electron chi connectivity index (χ0n) is 6.88. The van der Waals surface area contributed by atoms with Crippen LogP contribution in [0.25, 0.3) is 0 Å². The lowest BCUT2D eigenvalue weighted by Crippen LogP contribution is -2.32. The van der Waals surface area contributed by atoms with E-state index >= 15 is 0 Å². The molecule has 0 saturated heterocycles. The van der Waals surface area contributed by atoms with Gasteiger partial charge in [-0.2, -0.15) is 0 Å². The molecule has 0 fully saturated rings. The van der Waals surface area contributed by atoms with Crippen molar-refractivity contribution in [3.8, 4) is 0 Å². The van der Waals surface area contributed by atoms with Gasteiger partial charge in [-0.3, -0.25) is 4.90 Å². The second kappa shape index (κ2) is 7.39. The minimum absolute atomic E-state index is 0.147. The minimum Gasteiger partial charge on any atom is -0.395 e. The smallest absolute Gasteiger partial charge is 0.251 e. The highest BCUT2D eigenvalue weighted by Crippen LogP contribution is 1.98. The van der Waals surface area contributed by atoms with Crippen LogP contribution in [0.5, 0.6) is 0 Å². The highest BCUT2D eigenvalue weighted by molar-refractivity contribution is 4.58. The summed E-state index contributed by atoms with van der Waals surface area (Å²) in [5.74, 6) is 0. The summed E-state index contributed by atoms with van der Waals surface area (Å²) in [5, 5.41) is 18.5. The van der Waals surface area contributed by atoms with E-state index in [1.807, 2.05) is 0 Å². The van der Waals surface area contributed by atoms with Gasteiger partial charge in [0.05, 0.1) is 19.8 Å². The maximum Gasteiger partial charge on any atom is 0.251 e. The molecule has 0 rings (SSSR count). The third kappa shape index (κ3) is 6.45. The molecule has 1 N–H and O–H groups in total. The molecule has 0 aliphatic carbocycles. The van der Waals surface area contributed by atoms with Crippen LogP contribution in [0.15, 0.2) is 0 Å². The van der Waals surface area contributed by atoms with Gasteiger partial charge in [-0.25, -0.2) is 13.9 Å². The molecule has 0 aliphatic rings. The molecule has 5 heteroatoms. The lowest BCUT2D eigenvalue weighted by atomic mass is 10.4. The lowest BCUT2D eigenvalue weighted by Gasteiger charge is -2.19. The summed E-state index contributed by atoms with van der Waals surface area (Å²) in [5.41, 5.74) is 0. The van der Waals surface area contributed by atoms with Crippen LogP contribution in [-0.2, 0) is 5.11 Å². The van der Waals surface area contributed by atoms with Gasteiger partial charge in [-0.1, -0.05) is 0 Å². The normalized spacial score (nSPS) is 11.5. The van der Waals surface area contributed by atoms with Crippen LogP contribution in [0.2, 0.25) is 0 Å². The van der Waals surface area contributed by atoms with E-state index in [0.29, 0.717) is 13.0 Å². The number of nitrogens with zero attached hydrogens (tertiary/aromatic N) is 1. The number of hydrogen-bond acceptors (Lipinski definition) is 2. The van der Waals surface area contributed by atoms with Crippen LogP contribution >= 0.6 is 0 Å². The van der Waals surface area contributed by atoms with E-state index in [1.54, 1.807) is 0 Å². The Balaban J connectivity index is 3.54. The highest BCUT2D eigenvalue weighted by Gasteiger charge is 2.10. The molecular weight excluding hydrogens is 168 g/mol. The molecule has 0 spiro atoms. The summed E-state index contributed by atoms with van der Waals surface area (Å²) >= 11 is 0. The summed E-state index contributed by atoms with van der Waals surface area (Å²) in [6.07, 6.45) is -2.05. The average Bonchev–Trinajstić information content (AvgIpc) is 2.00. The zero-order valence-corrected chi connectivity index (χ0v) is 6.88. The van der Waals surface area contributed by atoms with Gasteiger partial charge in [0.2, 0.25) is 0 Å². The number of hydrogen-bond donors (Lipinski definition) is 1. The number of rotatable bonds is 7. The Hall–Kier alpha value is -0.260. The number of halogens is 2. The first-order valence-electron chi connectivity index (χ1n) is 3.90. The Morgan fingerprint density at radius 1 is 1.33 bits per heavy atom. The third-order valence-electron chi connectivity index (χ3n) is 1.43. The van der Waals surface area contributed by atoms with Crippen molar-refractivity contribution in [1.29, 1.82) is 0 Å². The van der Waals surface area contributed by atoms with E-state index in [0.717, 1.165) is 0 Å². The van der Waals surface area contributed by atoms with Gasteiger partial charge in [0, 0.05) is 13.1 Å². The predicted octanol–water partition coefficient (Wildman–Crippen LogP) is 0.366. The summed E-state index contributed by atoms with van der Waals surface area (Å²) < 4.78 is 23.7. The van der Waals surface area contributed by atoms with Crippen LogP contribution in [0, 0.1) is 0 Å². The Kier molecular flexibility index (Phi) is 7.23. The van der Waals surface area contributed by atoms with Crippen molar-refractivity contribution in [2.45, 2.75) is 12.8 Å². The topological polar surface area (TPSA) is 43.4 Å². The summed E-state index contributed by atoms with van der Waals surface area (Å²) in [4.78, 5) is 1.39. The molecule has 0 unspecified atom stereocenters. The maximum atomic E-state index is 11.8. The Morgan fingerprint density at radius 2 is 2.00 bits per heavy atom. The van der Waals surface area contributed by atoms with Gasteiger partial charge >= 0.3 is 0 Å². The predicted molar refractivity (Wildman–Crippen MR) is 39.7 cm³/mol. The van der Waals surface area contributed by atoms with Crippen LogP contribution in [0.3, 0.4) is 0 Å². The molecule has 3 nitrogen and oxygen atoms in total. The van der Waals surface area contributed by atoms with E-state index in [1.165, 1.54) is 4.90 Å². The molecule has 0 aliphatic heterocycles. The Bertz CT molecular complexity index is 103. The number of aliphatic hydroxyl groups excluding tert-OH is 1. The molecule has 1 radical (unpaired) electrons. The quantitative estimate of drug-likeness (QED) is 0.618. The van der Waals surface area contributed by atoms with Crippen molar-refractivity contribution in [1.82, 2.24) is 4.90 Å². The van der Waals surface area contributed by atoms with E-state index in [2.05, 4.69) is 0 Å². The van der Waals surface area contributed by atoms with Crippen LogP contribution < -0.4 is 0 Å². The fraction of sp³-hybridized carbons (Fsp3) is 1.00. The van der Waals surface area contributed by atoms with Crippen LogP contribution in [0.4, 0.5) is 8.78 Å². The fourth-order valence-electron chi connectivity index (χ4n) is 0.919. The van der Waals surface area contributed by atoms with Crippen LogP contribution in [-0.4, -0.2) is 49.3 Å². The Labute approximate surface area is 70.6 Å². The second-order valence-corrected chi connectivity index (χ2v) is 2.47. The SMILES string of the molecule is [O]CCCN(CCO)CC(F)F. The van der Waals surface area contributed by atoms with Gasteiger partial charge in [0.15, 0.2) is 0 Å². The number of alkyl halides is 2. The summed E-state index contributed by atoms with van der Waals surface area (Å²) in [7, 11) is 0. The Morgan fingerprint density at radius 3 is 2.42 bits per heavy atom. The van der Waals surface area contributed by atoms with Crippen molar-refractivity contribution >= 4 is 0 Å².